The highest BCUT2D eigenvalue weighted by atomic mass is 32.1. The van der Waals surface area contributed by atoms with Crippen LogP contribution in [0.15, 0.2) is 36.4 Å². The molecule has 1 aromatic heterocycles. The molecule has 0 atom stereocenters. The molecule has 0 radical (unpaired) electrons. The minimum Gasteiger partial charge on any atom is -0.258 e. The van der Waals surface area contributed by atoms with Crippen LogP contribution < -0.4 is 0 Å². The zero-order valence-electron chi connectivity index (χ0n) is 9.84. The summed E-state index contributed by atoms with van der Waals surface area (Å²) in [5, 5.41) is 11.2. The molecule has 0 fully saturated rings. The number of nitro benzene ring substituents is 1. The molecule has 0 aliphatic heterocycles. The van der Waals surface area contributed by atoms with Gasteiger partial charge in [-0.1, -0.05) is 0 Å². The minimum absolute atomic E-state index is 0.0559. The Morgan fingerprint density at radius 3 is 2.60 bits per heavy atom. The number of nitrogens with zero attached hydrogens (tertiary/aromatic N) is 2. The molecule has 0 unspecified atom stereocenters. The van der Waals surface area contributed by atoms with Crippen molar-refractivity contribution in [1.29, 1.82) is 0 Å². The Balaban J connectivity index is 2.12. The van der Waals surface area contributed by atoms with Gasteiger partial charge in [-0.3, -0.25) is 10.1 Å². The Hall–Kier alpha value is -2.41. The Labute approximate surface area is 115 Å². The summed E-state index contributed by atoms with van der Waals surface area (Å²) in [5.41, 5.74) is 0.844. The topological polar surface area (TPSA) is 56.0 Å². The predicted octanol–water partition coefficient (Wildman–Crippen LogP) is 4.15. The van der Waals surface area contributed by atoms with Crippen molar-refractivity contribution in [3.8, 4) is 10.6 Å². The van der Waals surface area contributed by atoms with Crippen LogP contribution in [0.2, 0.25) is 0 Å². The monoisotopic (exact) mass is 292 g/mol. The molecule has 0 saturated carbocycles. The van der Waals surface area contributed by atoms with Crippen LogP contribution >= 0.6 is 11.3 Å². The number of thiazole rings is 1. The Morgan fingerprint density at radius 1 is 1.10 bits per heavy atom. The molecule has 0 aliphatic rings. The number of non-ortho nitro benzene ring substituents is 1. The van der Waals surface area contributed by atoms with Crippen molar-refractivity contribution in [3.63, 3.8) is 0 Å². The fraction of sp³-hybridized carbons (Fsp3) is 0. The predicted molar refractivity (Wildman–Crippen MR) is 71.6 cm³/mol. The highest BCUT2D eigenvalue weighted by Gasteiger charge is 2.12. The van der Waals surface area contributed by atoms with Gasteiger partial charge in [0.25, 0.3) is 5.69 Å². The third-order valence-corrected chi connectivity index (χ3v) is 3.83. The van der Waals surface area contributed by atoms with Crippen molar-refractivity contribution in [2.75, 3.05) is 0 Å². The molecule has 2 aromatic carbocycles. The Morgan fingerprint density at radius 2 is 1.90 bits per heavy atom. The normalized spacial score (nSPS) is 10.9. The van der Waals surface area contributed by atoms with E-state index in [-0.39, 0.29) is 5.69 Å². The van der Waals surface area contributed by atoms with Gasteiger partial charge in [-0.15, -0.1) is 11.3 Å². The van der Waals surface area contributed by atoms with Gasteiger partial charge in [0.05, 0.1) is 15.1 Å². The fourth-order valence-electron chi connectivity index (χ4n) is 1.78. The molecule has 3 aromatic rings. The van der Waals surface area contributed by atoms with E-state index in [2.05, 4.69) is 4.98 Å². The zero-order chi connectivity index (χ0) is 14.3. The summed E-state index contributed by atoms with van der Waals surface area (Å²) in [7, 11) is 0. The molecular formula is C13H6F2N2O2S. The molecule has 7 heteroatoms. The lowest BCUT2D eigenvalue weighted by Gasteiger charge is -1.96. The minimum atomic E-state index is -0.951. The standard InChI is InChI=1S/C13H6F2N2O2S/c14-9-3-1-7(5-10(9)15)13-16-11-6-8(17(18)19)2-4-12(11)20-13/h1-6H. The third kappa shape index (κ3) is 2.12. The largest absolute Gasteiger partial charge is 0.271 e. The SMILES string of the molecule is O=[N+]([O-])c1ccc2sc(-c3ccc(F)c(F)c3)nc2c1. The first kappa shape index (κ1) is 12.6. The van der Waals surface area contributed by atoms with Crippen LogP contribution in [0.5, 0.6) is 0 Å². The molecule has 0 saturated heterocycles. The smallest absolute Gasteiger partial charge is 0.258 e. The van der Waals surface area contributed by atoms with Gasteiger partial charge in [-0.2, -0.15) is 0 Å². The second-order valence-electron chi connectivity index (χ2n) is 4.06. The number of benzene rings is 2. The third-order valence-electron chi connectivity index (χ3n) is 2.75. The number of fused-ring (bicyclic) bond motifs is 1. The number of hydrogen-bond acceptors (Lipinski definition) is 4. The molecule has 4 nitrogen and oxygen atoms in total. The summed E-state index contributed by atoms with van der Waals surface area (Å²) in [6.07, 6.45) is 0. The first-order valence-electron chi connectivity index (χ1n) is 5.55. The average Bonchev–Trinajstić information content (AvgIpc) is 2.84. The van der Waals surface area contributed by atoms with Crippen LogP contribution in [0.1, 0.15) is 0 Å². The lowest BCUT2D eigenvalue weighted by molar-refractivity contribution is -0.384. The number of halogens is 2. The van der Waals surface area contributed by atoms with Gasteiger partial charge in [0, 0.05) is 17.7 Å². The van der Waals surface area contributed by atoms with E-state index in [9.17, 15) is 18.9 Å². The van der Waals surface area contributed by atoms with E-state index in [1.807, 2.05) is 0 Å². The van der Waals surface area contributed by atoms with Crippen molar-refractivity contribution >= 4 is 27.2 Å². The fourth-order valence-corrected chi connectivity index (χ4v) is 2.72. The van der Waals surface area contributed by atoms with Crippen LogP contribution in [0, 0.1) is 21.7 Å². The second kappa shape index (κ2) is 4.61. The quantitative estimate of drug-likeness (QED) is 0.526. The number of rotatable bonds is 2. The van der Waals surface area contributed by atoms with E-state index in [4.69, 9.17) is 0 Å². The molecular weight excluding hydrogens is 286 g/mol. The van der Waals surface area contributed by atoms with Gasteiger partial charge < -0.3 is 0 Å². The lowest BCUT2D eigenvalue weighted by Crippen LogP contribution is -1.86. The summed E-state index contributed by atoms with van der Waals surface area (Å²) in [4.78, 5) is 14.4. The highest BCUT2D eigenvalue weighted by Crippen LogP contribution is 2.32. The summed E-state index contributed by atoms with van der Waals surface area (Å²) in [5.74, 6) is -1.88. The average molecular weight is 292 g/mol. The van der Waals surface area contributed by atoms with E-state index in [0.717, 1.165) is 16.8 Å². The summed E-state index contributed by atoms with van der Waals surface area (Å²) >= 11 is 1.26. The summed E-state index contributed by atoms with van der Waals surface area (Å²) in [6.45, 7) is 0. The zero-order valence-corrected chi connectivity index (χ0v) is 10.7. The van der Waals surface area contributed by atoms with E-state index in [0.29, 0.717) is 16.1 Å². The maximum Gasteiger partial charge on any atom is 0.271 e. The van der Waals surface area contributed by atoms with E-state index in [1.54, 1.807) is 6.07 Å². The van der Waals surface area contributed by atoms with E-state index in [1.165, 1.54) is 29.5 Å². The molecule has 0 amide bonds. The molecule has 0 bridgehead atoms. The van der Waals surface area contributed by atoms with Gasteiger partial charge >= 0.3 is 0 Å². The van der Waals surface area contributed by atoms with Crippen LogP contribution in [0.25, 0.3) is 20.8 Å². The van der Waals surface area contributed by atoms with Crippen LogP contribution in [0.4, 0.5) is 14.5 Å². The lowest BCUT2D eigenvalue weighted by atomic mass is 10.2. The summed E-state index contributed by atoms with van der Waals surface area (Å²) < 4.78 is 26.8. The first-order chi connectivity index (χ1) is 9.54. The van der Waals surface area contributed by atoms with Crippen molar-refractivity contribution in [2.45, 2.75) is 0 Å². The molecule has 100 valence electrons. The Bertz CT molecular complexity index is 832. The molecule has 0 N–H and O–H groups in total. The van der Waals surface area contributed by atoms with Crippen LogP contribution in [0.3, 0.4) is 0 Å². The number of hydrogen-bond donors (Lipinski definition) is 0. The molecule has 0 aliphatic carbocycles. The number of nitro groups is 1. The van der Waals surface area contributed by atoms with Crippen molar-refractivity contribution in [3.05, 3.63) is 58.1 Å². The maximum atomic E-state index is 13.2. The van der Waals surface area contributed by atoms with Gasteiger partial charge in [0.2, 0.25) is 0 Å². The summed E-state index contributed by atoms with van der Waals surface area (Å²) in [6, 6.07) is 7.84. The van der Waals surface area contributed by atoms with Crippen LogP contribution in [-0.2, 0) is 0 Å². The molecule has 1 heterocycles. The molecule has 20 heavy (non-hydrogen) atoms. The van der Waals surface area contributed by atoms with E-state index >= 15 is 0 Å². The van der Waals surface area contributed by atoms with Crippen molar-refractivity contribution < 1.29 is 13.7 Å². The number of aromatic nitrogens is 1. The van der Waals surface area contributed by atoms with Gasteiger partial charge in [0.15, 0.2) is 11.6 Å². The highest BCUT2D eigenvalue weighted by molar-refractivity contribution is 7.21. The van der Waals surface area contributed by atoms with Gasteiger partial charge in [-0.05, 0) is 24.3 Å². The molecule has 0 spiro atoms. The Kier molecular flexibility index (Phi) is 2.90. The first-order valence-corrected chi connectivity index (χ1v) is 6.36. The van der Waals surface area contributed by atoms with E-state index < -0.39 is 16.6 Å². The van der Waals surface area contributed by atoms with Gasteiger partial charge in [0.1, 0.15) is 5.01 Å². The second-order valence-corrected chi connectivity index (χ2v) is 5.09. The van der Waals surface area contributed by atoms with Crippen molar-refractivity contribution in [2.24, 2.45) is 0 Å². The molecule has 3 rings (SSSR count). The van der Waals surface area contributed by atoms with Crippen molar-refractivity contribution in [1.82, 2.24) is 4.98 Å². The maximum absolute atomic E-state index is 13.2. The van der Waals surface area contributed by atoms with Crippen LogP contribution in [-0.4, -0.2) is 9.91 Å². The van der Waals surface area contributed by atoms with Gasteiger partial charge in [-0.25, -0.2) is 13.8 Å².